The monoisotopic (exact) mass is 243 g/mol. The third kappa shape index (κ3) is 2.99. The Hall–Kier alpha value is -1.98. The maximum Gasteiger partial charge on any atom is 0.328 e. The minimum Gasteiger partial charge on any atom is -0.480 e. The Bertz CT molecular complexity index is 448. The van der Waals surface area contributed by atoms with Crippen LogP contribution < -0.4 is 5.32 Å². The van der Waals surface area contributed by atoms with Crippen molar-refractivity contribution in [2.45, 2.75) is 13.0 Å². The summed E-state index contributed by atoms with van der Waals surface area (Å²) in [4.78, 5) is 22.1. The van der Waals surface area contributed by atoms with Crippen LogP contribution in [0.25, 0.3) is 0 Å². The second kappa shape index (κ2) is 5.38. The van der Waals surface area contributed by atoms with E-state index in [9.17, 15) is 18.4 Å². The molecule has 1 amide bonds. The molecule has 0 spiro atoms. The van der Waals surface area contributed by atoms with Gasteiger partial charge in [-0.3, -0.25) is 4.79 Å². The molecule has 0 aliphatic heterocycles. The number of carboxylic acids is 1. The van der Waals surface area contributed by atoms with Crippen molar-refractivity contribution in [1.29, 1.82) is 0 Å². The van der Waals surface area contributed by atoms with Crippen LogP contribution in [-0.2, 0) is 4.79 Å². The summed E-state index contributed by atoms with van der Waals surface area (Å²) in [5.41, 5.74) is 0.0812. The number of aliphatic carboxylic acids is 1. The summed E-state index contributed by atoms with van der Waals surface area (Å²) in [6.45, 7) is 0.158. The zero-order valence-electron chi connectivity index (χ0n) is 9.04. The molecule has 0 radical (unpaired) electrons. The molecule has 0 aromatic heterocycles. The van der Waals surface area contributed by atoms with Gasteiger partial charge in [0.15, 0.2) is 6.04 Å². The van der Waals surface area contributed by atoms with Crippen molar-refractivity contribution in [2.24, 2.45) is 0 Å². The molecule has 0 saturated heterocycles. The minimum absolute atomic E-state index is 0.00954. The van der Waals surface area contributed by atoms with E-state index in [1.165, 1.54) is 25.1 Å². The molecular formula is C11H11F2NO3. The number of nitrogens with one attached hydrogen (secondary N) is 1. The van der Waals surface area contributed by atoms with Gasteiger partial charge in [0.1, 0.15) is 12.5 Å². The van der Waals surface area contributed by atoms with Gasteiger partial charge in [0.05, 0.1) is 0 Å². The van der Waals surface area contributed by atoms with Crippen LogP contribution in [0.3, 0.4) is 0 Å². The molecule has 1 unspecified atom stereocenters. The van der Waals surface area contributed by atoms with Gasteiger partial charge in [-0.25, -0.2) is 13.6 Å². The lowest BCUT2D eigenvalue weighted by atomic mass is 10.1. The number of benzene rings is 1. The van der Waals surface area contributed by atoms with E-state index in [4.69, 9.17) is 5.11 Å². The highest BCUT2D eigenvalue weighted by Gasteiger charge is 2.21. The van der Waals surface area contributed by atoms with Crippen molar-refractivity contribution >= 4 is 11.9 Å². The van der Waals surface area contributed by atoms with Crippen molar-refractivity contribution in [3.63, 3.8) is 0 Å². The second-order valence-corrected chi connectivity index (χ2v) is 3.43. The molecule has 6 heteroatoms. The minimum atomic E-state index is -1.62. The Morgan fingerprint density at radius 2 is 2.12 bits per heavy atom. The number of alkyl halides is 1. The van der Waals surface area contributed by atoms with Gasteiger partial charge in [0.2, 0.25) is 0 Å². The van der Waals surface area contributed by atoms with Crippen LogP contribution in [0.2, 0.25) is 0 Å². The molecule has 17 heavy (non-hydrogen) atoms. The van der Waals surface area contributed by atoms with Gasteiger partial charge in [-0.05, 0) is 24.6 Å². The first-order chi connectivity index (χ1) is 7.97. The predicted octanol–water partition coefficient (Wildman–Crippen LogP) is 1.29. The van der Waals surface area contributed by atoms with Gasteiger partial charge in [0.25, 0.3) is 5.91 Å². The Morgan fingerprint density at radius 3 is 2.65 bits per heavy atom. The van der Waals surface area contributed by atoms with Crippen LogP contribution in [-0.4, -0.2) is 29.7 Å². The third-order valence-corrected chi connectivity index (χ3v) is 2.27. The molecule has 0 aliphatic carbocycles. The smallest absolute Gasteiger partial charge is 0.328 e. The maximum atomic E-state index is 13.1. The molecule has 1 aromatic carbocycles. The van der Waals surface area contributed by atoms with Gasteiger partial charge in [-0.1, -0.05) is 6.07 Å². The Labute approximate surface area is 96.3 Å². The number of hydrogen-bond donors (Lipinski definition) is 2. The van der Waals surface area contributed by atoms with Crippen molar-refractivity contribution in [2.75, 3.05) is 6.67 Å². The van der Waals surface area contributed by atoms with E-state index in [0.717, 1.165) is 0 Å². The Morgan fingerprint density at radius 1 is 1.47 bits per heavy atom. The molecule has 0 heterocycles. The molecule has 1 rings (SSSR count). The van der Waals surface area contributed by atoms with Crippen LogP contribution in [0.15, 0.2) is 18.2 Å². The first-order valence-electron chi connectivity index (χ1n) is 4.82. The number of rotatable bonds is 4. The summed E-state index contributed by atoms with van der Waals surface area (Å²) in [5, 5.41) is 10.5. The van der Waals surface area contributed by atoms with Gasteiger partial charge in [0, 0.05) is 5.56 Å². The first-order valence-corrected chi connectivity index (χ1v) is 4.82. The molecule has 2 N–H and O–H groups in total. The molecule has 1 aromatic rings. The van der Waals surface area contributed by atoms with Crippen molar-refractivity contribution in [3.05, 3.63) is 35.1 Å². The highest BCUT2D eigenvalue weighted by Crippen LogP contribution is 2.12. The largest absolute Gasteiger partial charge is 0.480 e. The van der Waals surface area contributed by atoms with E-state index >= 15 is 0 Å². The van der Waals surface area contributed by atoms with E-state index in [1.807, 2.05) is 5.32 Å². The summed E-state index contributed by atoms with van der Waals surface area (Å²) in [6, 6.07) is 2.22. The molecule has 0 bridgehead atoms. The fourth-order valence-corrected chi connectivity index (χ4v) is 1.26. The lowest BCUT2D eigenvalue weighted by molar-refractivity contribution is -0.139. The van der Waals surface area contributed by atoms with Crippen molar-refractivity contribution in [3.8, 4) is 0 Å². The normalized spacial score (nSPS) is 11.9. The fourth-order valence-electron chi connectivity index (χ4n) is 1.26. The number of hydrogen-bond acceptors (Lipinski definition) is 2. The lowest BCUT2D eigenvalue weighted by Crippen LogP contribution is -2.42. The van der Waals surface area contributed by atoms with Gasteiger partial charge in [-0.2, -0.15) is 0 Å². The van der Waals surface area contributed by atoms with Crippen LogP contribution in [0, 0.1) is 12.7 Å². The van der Waals surface area contributed by atoms with E-state index < -0.39 is 30.4 Å². The third-order valence-electron chi connectivity index (χ3n) is 2.27. The van der Waals surface area contributed by atoms with E-state index in [2.05, 4.69) is 0 Å². The van der Waals surface area contributed by atoms with Crippen LogP contribution in [0.1, 0.15) is 15.9 Å². The van der Waals surface area contributed by atoms with Gasteiger partial charge >= 0.3 is 5.97 Å². The molecule has 4 nitrogen and oxygen atoms in total. The molecule has 0 saturated carbocycles. The molecule has 0 aliphatic rings. The number of carbonyl (C=O) groups is 2. The van der Waals surface area contributed by atoms with Crippen LogP contribution >= 0.6 is 0 Å². The summed E-state index contributed by atoms with van der Waals surface area (Å²) < 4.78 is 25.4. The lowest BCUT2D eigenvalue weighted by Gasteiger charge is -2.12. The molecule has 92 valence electrons. The zero-order chi connectivity index (χ0) is 13.0. The standard InChI is InChI=1S/C11H11F2NO3/c1-6-7(3-2-4-8(6)13)10(15)14-9(5-12)11(16)17/h2-4,9H,5H2,1H3,(H,14,15)(H,16,17). The quantitative estimate of drug-likeness (QED) is 0.837. The van der Waals surface area contributed by atoms with Crippen molar-refractivity contribution < 1.29 is 23.5 Å². The number of halogens is 2. The van der Waals surface area contributed by atoms with Gasteiger partial charge in [-0.15, -0.1) is 0 Å². The number of carboxylic acid groups (broad SMARTS) is 1. The van der Waals surface area contributed by atoms with E-state index in [1.54, 1.807) is 0 Å². The maximum absolute atomic E-state index is 13.1. The van der Waals surface area contributed by atoms with Gasteiger partial charge < -0.3 is 10.4 Å². The zero-order valence-corrected chi connectivity index (χ0v) is 9.04. The Kier molecular flexibility index (Phi) is 4.14. The average Bonchev–Trinajstić information content (AvgIpc) is 2.28. The van der Waals surface area contributed by atoms with E-state index in [0.29, 0.717) is 0 Å². The SMILES string of the molecule is Cc1c(F)cccc1C(=O)NC(CF)C(=O)O. The summed E-state index contributed by atoms with van der Waals surface area (Å²) in [7, 11) is 0. The summed E-state index contributed by atoms with van der Waals surface area (Å²) in [5.74, 6) is -2.87. The molecule has 0 fully saturated rings. The highest BCUT2D eigenvalue weighted by atomic mass is 19.1. The fraction of sp³-hybridized carbons (Fsp3) is 0.273. The summed E-state index contributed by atoms with van der Waals surface area (Å²) >= 11 is 0. The van der Waals surface area contributed by atoms with Crippen LogP contribution in [0.4, 0.5) is 8.78 Å². The predicted molar refractivity (Wildman–Crippen MR) is 56.0 cm³/mol. The van der Waals surface area contributed by atoms with E-state index in [-0.39, 0.29) is 11.1 Å². The molecule has 1 atom stereocenters. The topological polar surface area (TPSA) is 66.4 Å². The first kappa shape index (κ1) is 13.1. The number of carbonyl (C=O) groups excluding carboxylic acids is 1. The second-order valence-electron chi connectivity index (χ2n) is 3.43. The average molecular weight is 243 g/mol. The summed E-state index contributed by atoms with van der Waals surface area (Å²) in [6.07, 6.45) is 0. The molecular weight excluding hydrogens is 232 g/mol. The number of amides is 1. The Balaban J connectivity index is 2.90. The van der Waals surface area contributed by atoms with Crippen LogP contribution in [0.5, 0.6) is 0 Å². The highest BCUT2D eigenvalue weighted by molar-refractivity contribution is 5.97. The van der Waals surface area contributed by atoms with Crippen molar-refractivity contribution in [1.82, 2.24) is 5.32 Å².